The van der Waals surface area contributed by atoms with E-state index in [9.17, 15) is 14.7 Å². The number of hydrogen-bond donors (Lipinski definition) is 1. The van der Waals surface area contributed by atoms with E-state index in [1.165, 1.54) is 4.90 Å². The first kappa shape index (κ1) is 17.1. The summed E-state index contributed by atoms with van der Waals surface area (Å²) in [6, 6.07) is 7.28. The molecule has 1 heterocycles. The number of amides is 1. The Morgan fingerprint density at radius 3 is 2.26 bits per heavy atom. The zero-order chi connectivity index (χ0) is 17.2. The number of hydrogen-bond acceptors (Lipinski definition) is 4. The lowest BCUT2D eigenvalue weighted by atomic mass is 9.89. The molecule has 0 aromatic heterocycles. The molecule has 2 unspecified atom stereocenters. The molecule has 6 heteroatoms. The van der Waals surface area contributed by atoms with Crippen LogP contribution >= 0.6 is 0 Å². The number of ether oxygens (including phenoxy) is 2. The molecule has 1 aliphatic heterocycles. The second kappa shape index (κ2) is 6.48. The third-order valence-corrected chi connectivity index (χ3v) is 3.83. The van der Waals surface area contributed by atoms with Gasteiger partial charge in [0.25, 0.3) is 0 Å². The minimum Gasteiger partial charge on any atom is -0.497 e. The minimum atomic E-state index is -0.906. The van der Waals surface area contributed by atoms with Crippen molar-refractivity contribution < 1.29 is 24.2 Å². The molecule has 23 heavy (non-hydrogen) atoms. The fourth-order valence-corrected chi connectivity index (χ4v) is 2.72. The maximum Gasteiger partial charge on any atom is 0.410 e. The van der Waals surface area contributed by atoms with Gasteiger partial charge >= 0.3 is 12.1 Å². The minimum absolute atomic E-state index is 0.154. The molecular weight excluding hydrogens is 298 g/mol. The van der Waals surface area contributed by atoms with Gasteiger partial charge in [0.2, 0.25) is 0 Å². The van der Waals surface area contributed by atoms with Gasteiger partial charge in [0.15, 0.2) is 0 Å². The second-order valence-electron chi connectivity index (χ2n) is 6.71. The Morgan fingerprint density at radius 1 is 1.17 bits per heavy atom. The van der Waals surface area contributed by atoms with Crippen molar-refractivity contribution in [3.05, 3.63) is 29.8 Å². The lowest BCUT2D eigenvalue weighted by Crippen LogP contribution is -2.35. The number of benzene rings is 1. The lowest BCUT2D eigenvalue weighted by molar-refractivity contribution is -0.141. The first-order chi connectivity index (χ1) is 10.7. The monoisotopic (exact) mass is 321 g/mol. The Morgan fingerprint density at radius 2 is 1.78 bits per heavy atom. The second-order valence-corrected chi connectivity index (χ2v) is 6.71. The molecule has 1 amide bonds. The van der Waals surface area contributed by atoms with Gasteiger partial charge in [-0.05, 0) is 38.5 Å². The van der Waals surface area contributed by atoms with Crippen LogP contribution in [0.15, 0.2) is 24.3 Å². The number of carbonyl (C=O) groups is 2. The Hall–Kier alpha value is -2.24. The SMILES string of the molecule is COc1ccc(C2CN(C(=O)OC(C)(C)C)CC2C(=O)O)cc1. The molecule has 126 valence electrons. The Balaban J connectivity index is 2.17. The number of carboxylic acids is 1. The number of aliphatic carboxylic acids is 1. The topological polar surface area (TPSA) is 76.1 Å². The molecule has 6 nitrogen and oxygen atoms in total. The highest BCUT2D eigenvalue weighted by Crippen LogP contribution is 2.34. The molecule has 0 saturated carbocycles. The highest BCUT2D eigenvalue weighted by Gasteiger charge is 2.41. The molecule has 1 aromatic carbocycles. The van der Waals surface area contributed by atoms with Crippen LogP contribution in [0.25, 0.3) is 0 Å². The molecule has 0 radical (unpaired) electrons. The largest absolute Gasteiger partial charge is 0.497 e. The molecule has 2 atom stereocenters. The van der Waals surface area contributed by atoms with Crippen LogP contribution in [0, 0.1) is 5.92 Å². The van der Waals surface area contributed by atoms with Gasteiger partial charge in [-0.15, -0.1) is 0 Å². The van der Waals surface area contributed by atoms with Gasteiger partial charge in [-0.1, -0.05) is 12.1 Å². The van der Waals surface area contributed by atoms with E-state index >= 15 is 0 Å². The van der Waals surface area contributed by atoms with Gasteiger partial charge in [0.1, 0.15) is 11.4 Å². The normalized spacial score (nSPS) is 21.1. The van der Waals surface area contributed by atoms with E-state index in [4.69, 9.17) is 9.47 Å². The quantitative estimate of drug-likeness (QED) is 0.926. The summed E-state index contributed by atoms with van der Waals surface area (Å²) in [5, 5.41) is 9.47. The van der Waals surface area contributed by atoms with Crippen LogP contribution in [0.4, 0.5) is 4.79 Å². The lowest BCUT2D eigenvalue weighted by Gasteiger charge is -2.24. The van der Waals surface area contributed by atoms with Crippen molar-refractivity contribution in [1.29, 1.82) is 0 Å². The summed E-state index contributed by atoms with van der Waals surface area (Å²) in [5.74, 6) is -1.10. The van der Waals surface area contributed by atoms with E-state index in [1.54, 1.807) is 40.0 Å². The average Bonchev–Trinajstić information content (AvgIpc) is 2.91. The standard InChI is InChI=1S/C17H23NO5/c1-17(2,3)23-16(21)18-9-13(14(10-18)15(19)20)11-5-7-12(22-4)8-6-11/h5-8,13-14H,9-10H2,1-4H3,(H,19,20). The van der Waals surface area contributed by atoms with Gasteiger partial charge in [0, 0.05) is 19.0 Å². The molecule has 1 aromatic rings. The molecule has 1 aliphatic rings. The molecule has 0 bridgehead atoms. The van der Waals surface area contributed by atoms with E-state index in [2.05, 4.69) is 0 Å². The maximum atomic E-state index is 12.2. The van der Waals surface area contributed by atoms with Gasteiger partial charge < -0.3 is 19.5 Å². The van der Waals surface area contributed by atoms with Gasteiger partial charge in [0.05, 0.1) is 13.0 Å². The fraction of sp³-hybridized carbons (Fsp3) is 0.529. The Labute approximate surface area is 136 Å². The summed E-state index contributed by atoms with van der Waals surface area (Å²) in [7, 11) is 1.58. The van der Waals surface area contributed by atoms with Crippen LogP contribution in [-0.2, 0) is 9.53 Å². The predicted octanol–water partition coefficient (Wildman–Crippen LogP) is 2.73. The van der Waals surface area contributed by atoms with Crippen molar-refractivity contribution in [1.82, 2.24) is 4.90 Å². The zero-order valence-electron chi connectivity index (χ0n) is 13.9. The van der Waals surface area contributed by atoms with Crippen molar-refractivity contribution in [2.75, 3.05) is 20.2 Å². The zero-order valence-corrected chi connectivity index (χ0v) is 13.9. The predicted molar refractivity (Wildman–Crippen MR) is 84.7 cm³/mol. The van der Waals surface area contributed by atoms with Gasteiger partial charge in [-0.25, -0.2) is 4.79 Å². The first-order valence-corrected chi connectivity index (χ1v) is 7.56. The number of nitrogens with zero attached hydrogens (tertiary/aromatic N) is 1. The van der Waals surface area contributed by atoms with Crippen LogP contribution < -0.4 is 4.74 Å². The van der Waals surface area contributed by atoms with Gasteiger partial charge in [-0.2, -0.15) is 0 Å². The van der Waals surface area contributed by atoms with Crippen LogP contribution in [0.2, 0.25) is 0 Å². The summed E-state index contributed by atoms with van der Waals surface area (Å²) in [4.78, 5) is 25.2. The average molecular weight is 321 g/mol. The molecule has 2 rings (SSSR count). The summed E-state index contributed by atoms with van der Waals surface area (Å²) in [6.07, 6.45) is -0.472. The number of likely N-dealkylation sites (tertiary alicyclic amines) is 1. The maximum absolute atomic E-state index is 12.2. The molecule has 1 fully saturated rings. The third kappa shape index (κ3) is 4.15. The van der Waals surface area contributed by atoms with Crippen LogP contribution in [0.5, 0.6) is 5.75 Å². The smallest absolute Gasteiger partial charge is 0.410 e. The summed E-state index contributed by atoms with van der Waals surface area (Å²) < 4.78 is 10.5. The van der Waals surface area contributed by atoms with Crippen molar-refractivity contribution in [3.8, 4) is 5.75 Å². The summed E-state index contributed by atoms with van der Waals surface area (Å²) in [5.41, 5.74) is 0.276. The molecular formula is C17H23NO5. The third-order valence-electron chi connectivity index (χ3n) is 3.83. The first-order valence-electron chi connectivity index (χ1n) is 7.56. The fourth-order valence-electron chi connectivity index (χ4n) is 2.72. The van der Waals surface area contributed by atoms with Crippen molar-refractivity contribution in [2.45, 2.75) is 32.3 Å². The molecule has 1 N–H and O–H groups in total. The van der Waals surface area contributed by atoms with Crippen LogP contribution in [0.3, 0.4) is 0 Å². The van der Waals surface area contributed by atoms with E-state index in [1.807, 2.05) is 12.1 Å². The van der Waals surface area contributed by atoms with Crippen molar-refractivity contribution in [2.24, 2.45) is 5.92 Å². The molecule has 0 spiro atoms. The van der Waals surface area contributed by atoms with E-state index in [0.717, 1.165) is 5.56 Å². The number of rotatable bonds is 3. The summed E-state index contributed by atoms with van der Waals surface area (Å²) in [6.45, 7) is 5.85. The molecule has 0 aliphatic carbocycles. The van der Waals surface area contributed by atoms with E-state index < -0.39 is 23.6 Å². The Kier molecular flexibility index (Phi) is 4.82. The number of carbonyl (C=O) groups excluding carboxylic acids is 1. The van der Waals surface area contributed by atoms with E-state index in [-0.39, 0.29) is 12.5 Å². The molecule has 1 saturated heterocycles. The highest BCUT2D eigenvalue weighted by molar-refractivity contribution is 5.76. The van der Waals surface area contributed by atoms with E-state index in [0.29, 0.717) is 12.3 Å². The number of methoxy groups -OCH3 is 1. The van der Waals surface area contributed by atoms with Gasteiger partial charge in [-0.3, -0.25) is 4.79 Å². The van der Waals surface area contributed by atoms with Crippen LogP contribution in [0.1, 0.15) is 32.3 Å². The van der Waals surface area contributed by atoms with Crippen molar-refractivity contribution in [3.63, 3.8) is 0 Å². The Bertz CT molecular complexity index is 576. The highest BCUT2D eigenvalue weighted by atomic mass is 16.6. The van der Waals surface area contributed by atoms with Crippen LogP contribution in [-0.4, -0.2) is 47.9 Å². The number of carboxylic acid groups (broad SMARTS) is 1. The van der Waals surface area contributed by atoms with Crippen molar-refractivity contribution >= 4 is 12.1 Å². The summed E-state index contributed by atoms with van der Waals surface area (Å²) >= 11 is 0.